The monoisotopic (exact) mass is 844 g/mol. The van der Waals surface area contributed by atoms with E-state index < -0.39 is 6.04 Å². The van der Waals surface area contributed by atoms with E-state index in [4.69, 9.17) is 4.11 Å². The summed E-state index contributed by atoms with van der Waals surface area (Å²) < 4.78 is 44.3. The lowest BCUT2D eigenvalue weighted by Crippen LogP contribution is -2.61. The highest BCUT2D eigenvalue weighted by molar-refractivity contribution is 7.00. The number of fused-ring (bicyclic) bond motifs is 6. The molecule has 0 saturated heterocycles. The minimum Gasteiger partial charge on any atom is -0.311 e. The summed E-state index contributed by atoms with van der Waals surface area (Å²) in [6.07, 6.45) is 0. The van der Waals surface area contributed by atoms with E-state index in [1.54, 1.807) is 0 Å². The average Bonchev–Trinajstić information content (AvgIpc) is 3.42. The Morgan fingerprint density at radius 3 is 1.33 bits per heavy atom. The van der Waals surface area contributed by atoms with Crippen LogP contribution in [0.25, 0.3) is 43.8 Å². The Bertz CT molecular complexity index is 3790. The second-order valence-electron chi connectivity index (χ2n) is 16.9. The molecule has 2 aliphatic heterocycles. The SMILES string of the molecule is [2H]c1c([2H])c([2H])c(-c2c3ccccc3c(-c3cc4c5c(c3)N(c3ccccc3)c3cc(N(c6ccccc6)c6ccccc6)ccc3B5c3ccccc3N4c3ccccc3)c3ccccc23)c([2H])c1[2H]. The van der Waals surface area contributed by atoms with Gasteiger partial charge in [0.25, 0.3) is 6.71 Å². The van der Waals surface area contributed by atoms with Gasteiger partial charge in [-0.3, -0.25) is 0 Å². The predicted molar refractivity (Wildman–Crippen MR) is 281 cm³/mol. The molecule has 0 radical (unpaired) electrons. The van der Waals surface area contributed by atoms with Crippen molar-refractivity contribution in [2.45, 2.75) is 0 Å². The second-order valence-corrected chi connectivity index (χ2v) is 16.9. The van der Waals surface area contributed by atoms with Crippen molar-refractivity contribution in [3.05, 3.63) is 255 Å². The Morgan fingerprint density at radius 2 is 0.788 bits per heavy atom. The molecule has 0 unspecified atom stereocenters. The van der Waals surface area contributed by atoms with Gasteiger partial charge in [0.15, 0.2) is 0 Å². The molecule has 11 aromatic rings. The quantitative estimate of drug-likeness (QED) is 0.117. The van der Waals surface area contributed by atoms with Crippen LogP contribution in [-0.2, 0) is 0 Å². The van der Waals surface area contributed by atoms with E-state index in [9.17, 15) is 2.74 Å². The van der Waals surface area contributed by atoms with Gasteiger partial charge in [-0.25, -0.2) is 0 Å². The smallest absolute Gasteiger partial charge is 0.252 e. The summed E-state index contributed by atoms with van der Waals surface area (Å²) in [6, 6.07) is 77.4. The maximum absolute atomic E-state index is 9.20. The second kappa shape index (κ2) is 15.6. The first-order valence-corrected chi connectivity index (χ1v) is 22.4. The summed E-state index contributed by atoms with van der Waals surface area (Å²) in [6.45, 7) is -0.129. The molecule has 0 spiro atoms. The third kappa shape index (κ3) is 5.99. The molecule has 0 bridgehead atoms. The normalized spacial score (nSPS) is 13.5. The van der Waals surface area contributed by atoms with Gasteiger partial charge in [0.05, 0.1) is 6.85 Å². The molecule has 0 saturated carbocycles. The minimum atomic E-state index is -0.413. The van der Waals surface area contributed by atoms with E-state index in [1.807, 2.05) is 36.4 Å². The molecule has 3 nitrogen and oxygen atoms in total. The number of para-hydroxylation sites is 5. The molecule has 0 amide bonds. The fraction of sp³-hybridized carbons (Fsp3) is 0. The lowest BCUT2D eigenvalue weighted by Gasteiger charge is -2.44. The van der Waals surface area contributed by atoms with E-state index in [0.29, 0.717) is 5.56 Å². The summed E-state index contributed by atoms with van der Waals surface area (Å²) >= 11 is 0. The zero-order valence-electron chi connectivity index (χ0n) is 40.8. The molecule has 11 aromatic carbocycles. The van der Waals surface area contributed by atoms with Gasteiger partial charge < -0.3 is 14.7 Å². The van der Waals surface area contributed by atoms with Crippen LogP contribution in [0.1, 0.15) is 6.85 Å². The van der Waals surface area contributed by atoms with Crippen LogP contribution in [0.15, 0.2) is 255 Å². The Balaban J connectivity index is 1.15. The molecule has 0 aromatic heterocycles. The molecule has 0 atom stereocenters. The topological polar surface area (TPSA) is 9.72 Å². The number of rotatable bonds is 7. The van der Waals surface area contributed by atoms with Gasteiger partial charge in [-0.1, -0.05) is 176 Å². The Morgan fingerprint density at radius 1 is 0.348 bits per heavy atom. The van der Waals surface area contributed by atoms with Crippen LogP contribution >= 0.6 is 0 Å². The summed E-state index contributed by atoms with van der Waals surface area (Å²) in [4.78, 5) is 7.17. The van der Waals surface area contributed by atoms with Crippen molar-refractivity contribution in [2.24, 2.45) is 0 Å². The standard InChI is InChI=1S/C62H42BN3/c1-6-22-43(23-7-1)60-50-32-16-18-34-52(50)61(53-35-19-17-33-51(53)60)44-40-58-62-59(41-44)66(48-30-14-5-15-31-48)57-42-49(64(45-24-8-2-9-25-45)46-26-10-3-11-27-46)38-39-55(57)63(62)54-36-20-21-37-56(54)65(58)47-28-12-4-13-29-47/h1-42H/i1D,6D,7D,22D,23D. The first-order valence-electron chi connectivity index (χ1n) is 24.9. The number of benzene rings is 11. The first kappa shape index (κ1) is 33.0. The van der Waals surface area contributed by atoms with E-state index >= 15 is 0 Å². The van der Waals surface area contributed by atoms with Gasteiger partial charge in [-0.2, -0.15) is 0 Å². The molecule has 0 fully saturated rings. The largest absolute Gasteiger partial charge is 0.311 e. The van der Waals surface area contributed by atoms with Gasteiger partial charge in [0.2, 0.25) is 0 Å². The average molecular weight is 845 g/mol. The molecule has 2 aliphatic rings. The van der Waals surface area contributed by atoms with Crippen molar-refractivity contribution in [1.82, 2.24) is 0 Å². The van der Waals surface area contributed by atoms with Crippen LogP contribution in [0.3, 0.4) is 0 Å². The van der Waals surface area contributed by atoms with E-state index in [-0.39, 0.29) is 36.4 Å². The van der Waals surface area contributed by atoms with Crippen molar-refractivity contribution in [2.75, 3.05) is 14.7 Å². The molecule has 0 N–H and O–H groups in total. The van der Waals surface area contributed by atoms with Crippen molar-refractivity contribution in [1.29, 1.82) is 0 Å². The fourth-order valence-electron chi connectivity index (χ4n) is 10.6. The zero-order valence-corrected chi connectivity index (χ0v) is 35.8. The molecule has 4 heteroatoms. The van der Waals surface area contributed by atoms with E-state index in [0.717, 1.165) is 83.9 Å². The summed E-state index contributed by atoms with van der Waals surface area (Å²) in [7, 11) is 0. The molecule has 13 rings (SSSR count). The van der Waals surface area contributed by atoms with Crippen LogP contribution in [0.2, 0.25) is 0 Å². The number of hydrogen-bond donors (Lipinski definition) is 0. The predicted octanol–water partition coefficient (Wildman–Crippen LogP) is 14.9. The third-order valence-electron chi connectivity index (χ3n) is 13.2. The Hall–Kier alpha value is -8.60. The van der Waals surface area contributed by atoms with Gasteiger partial charge in [-0.15, -0.1) is 0 Å². The lowest BCUT2D eigenvalue weighted by molar-refractivity contribution is 1.24. The van der Waals surface area contributed by atoms with Crippen molar-refractivity contribution in [3.8, 4) is 22.3 Å². The summed E-state index contributed by atoms with van der Waals surface area (Å²) in [5, 5.41) is 3.41. The van der Waals surface area contributed by atoms with Crippen molar-refractivity contribution < 1.29 is 6.85 Å². The van der Waals surface area contributed by atoms with Crippen LogP contribution in [0.4, 0.5) is 51.2 Å². The lowest BCUT2D eigenvalue weighted by atomic mass is 9.33. The highest BCUT2D eigenvalue weighted by Gasteiger charge is 2.44. The van der Waals surface area contributed by atoms with Gasteiger partial charge >= 0.3 is 0 Å². The Labute approximate surface area is 392 Å². The fourth-order valence-corrected chi connectivity index (χ4v) is 10.6. The maximum atomic E-state index is 9.20. The number of nitrogens with zero attached hydrogens (tertiary/aromatic N) is 3. The molecule has 2 heterocycles. The van der Waals surface area contributed by atoms with Crippen LogP contribution < -0.4 is 31.1 Å². The van der Waals surface area contributed by atoms with Crippen LogP contribution in [0.5, 0.6) is 0 Å². The maximum Gasteiger partial charge on any atom is 0.252 e. The molecule has 308 valence electrons. The van der Waals surface area contributed by atoms with Gasteiger partial charge in [0.1, 0.15) is 0 Å². The van der Waals surface area contributed by atoms with Crippen LogP contribution in [0, 0.1) is 0 Å². The number of anilines is 9. The third-order valence-corrected chi connectivity index (χ3v) is 13.2. The van der Waals surface area contributed by atoms with Gasteiger partial charge in [-0.05, 0) is 139 Å². The van der Waals surface area contributed by atoms with E-state index in [2.05, 4.69) is 203 Å². The van der Waals surface area contributed by atoms with Crippen LogP contribution in [-0.4, -0.2) is 6.71 Å². The van der Waals surface area contributed by atoms with E-state index in [1.165, 1.54) is 16.4 Å². The number of hydrogen-bond acceptors (Lipinski definition) is 3. The highest BCUT2D eigenvalue weighted by atomic mass is 15.2. The highest BCUT2D eigenvalue weighted by Crippen LogP contribution is 2.50. The zero-order chi connectivity index (χ0) is 47.9. The first-order chi connectivity index (χ1) is 34.9. The molecule has 0 aliphatic carbocycles. The molecule has 66 heavy (non-hydrogen) atoms. The summed E-state index contributed by atoms with van der Waals surface area (Å²) in [5.41, 5.74) is 15.8. The summed E-state index contributed by atoms with van der Waals surface area (Å²) in [5.74, 6) is 0. The van der Waals surface area contributed by atoms with Crippen molar-refractivity contribution in [3.63, 3.8) is 0 Å². The van der Waals surface area contributed by atoms with Crippen molar-refractivity contribution >= 4 is 95.8 Å². The van der Waals surface area contributed by atoms with Gasteiger partial charge in [0, 0.05) is 51.2 Å². The molecular weight excluding hydrogens is 798 g/mol. The Kier molecular flexibility index (Phi) is 7.79. The minimum absolute atomic E-state index is 0.129. The molecular formula is C62H42BN3.